The Balaban J connectivity index is 2.40. The minimum Gasteiger partial charge on any atom is -0.390 e. The molecule has 0 aromatic rings. The van der Waals surface area contributed by atoms with Crippen LogP contribution in [0.15, 0.2) is 11.4 Å². The Morgan fingerprint density at radius 2 is 1.85 bits per heavy atom. The maximum absolute atomic E-state index is 13.5. The van der Waals surface area contributed by atoms with Crippen molar-refractivity contribution in [2.75, 3.05) is 53.4 Å². The second-order valence-corrected chi connectivity index (χ2v) is 5.76. The predicted molar refractivity (Wildman–Crippen MR) is 77.1 cm³/mol. The van der Waals surface area contributed by atoms with Crippen molar-refractivity contribution < 1.29 is 14.3 Å². The van der Waals surface area contributed by atoms with Gasteiger partial charge in [0.1, 0.15) is 0 Å². The minimum absolute atomic E-state index is 0.145. The number of allylic oxidation sites excluding steroid dienone is 1. The van der Waals surface area contributed by atoms with Gasteiger partial charge in [0.2, 0.25) is 0 Å². The normalized spacial score (nSPS) is 18.7. The molecule has 1 amide bonds. The second kappa shape index (κ2) is 7.71. The molecule has 0 spiro atoms. The molecule has 20 heavy (non-hydrogen) atoms. The SMILES string of the molecule is CC(C)=C(F)C(=O)N(C)CC(O)CN1CCN(C)CC1. The Kier molecular flexibility index (Phi) is 6.58. The number of piperazine rings is 1. The van der Waals surface area contributed by atoms with Crippen molar-refractivity contribution in [1.29, 1.82) is 0 Å². The molecule has 1 saturated heterocycles. The van der Waals surface area contributed by atoms with Crippen LogP contribution in [0.4, 0.5) is 4.39 Å². The summed E-state index contributed by atoms with van der Waals surface area (Å²) in [7, 11) is 3.58. The summed E-state index contributed by atoms with van der Waals surface area (Å²) in [5, 5.41) is 10.0. The molecule has 1 unspecified atom stereocenters. The number of aliphatic hydroxyl groups excluding tert-OH is 1. The molecule has 5 nitrogen and oxygen atoms in total. The molecule has 1 fully saturated rings. The molecule has 0 aromatic heterocycles. The Bertz CT molecular complexity index is 361. The number of likely N-dealkylation sites (N-methyl/N-ethyl adjacent to an activating group) is 2. The van der Waals surface area contributed by atoms with Gasteiger partial charge in [-0.3, -0.25) is 9.69 Å². The van der Waals surface area contributed by atoms with Gasteiger partial charge in [-0.05, 0) is 26.5 Å². The van der Waals surface area contributed by atoms with Gasteiger partial charge in [-0.2, -0.15) is 0 Å². The highest BCUT2D eigenvalue weighted by Crippen LogP contribution is 2.09. The summed E-state index contributed by atoms with van der Waals surface area (Å²) in [5.41, 5.74) is 0.357. The van der Waals surface area contributed by atoms with E-state index in [1.165, 1.54) is 11.9 Å². The van der Waals surface area contributed by atoms with Crippen molar-refractivity contribution in [3.8, 4) is 0 Å². The van der Waals surface area contributed by atoms with E-state index in [-0.39, 0.29) is 6.54 Å². The topological polar surface area (TPSA) is 47.0 Å². The lowest BCUT2D eigenvalue weighted by molar-refractivity contribution is -0.128. The molecule has 0 bridgehead atoms. The van der Waals surface area contributed by atoms with Gasteiger partial charge in [-0.1, -0.05) is 0 Å². The summed E-state index contributed by atoms with van der Waals surface area (Å²) in [6.07, 6.45) is -0.655. The van der Waals surface area contributed by atoms with Crippen LogP contribution in [0.25, 0.3) is 0 Å². The van der Waals surface area contributed by atoms with Crippen LogP contribution < -0.4 is 0 Å². The zero-order valence-electron chi connectivity index (χ0n) is 12.9. The van der Waals surface area contributed by atoms with Crippen molar-refractivity contribution >= 4 is 5.91 Å². The lowest BCUT2D eigenvalue weighted by Gasteiger charge is -2.34. The first-order valence-electron chi connectivity index (χ1n) is 6.98. The molecule has 1 N–H and O–H groups in total. The van der Waals surface area contributed by atoms with Gasteiger partial charge in [0.25, 0.3) is 5.91 Å². The lowest BCUT2D eigenvalue weighted by Crippen LogP contribution is -2.49. The fraction of sp³-hybridized carbons (Fsp3) is 0.786. The fourth-order valence-electron chi connectivity index (χ4n) is 2.17. The van der Waals surface area contributed by atoms with Crippen LogP contribution in [0.5, 0.6) is 0 Å². The summed E-state index contributed by atoms with van der Waals surface area (Å²) < 4.78 is 13.5. The zero-order chi connectivity index (χ0) is 15.3. The van der Waals surface area contributed by atoms with Crippen LogP contribution in [0, 0.1) is 0 Å². The fourth-order valence-corrected chi connectivity index (χ4v) is 2.17. The molecule has 1 aliphatic rings. The monoisotopic (exact) mass is 287 g/mol. The number of carbonyl (C=O) groups is 1. The lowest BCUT2D eigenvalue weighted by atomic mass is 10.2. The Labute approximate surface area is 120 Å². The van der Waals surface area contributed by atoms with Crippen molar-refractivity contribution in [2.45, 2.75) is 20.0 Å². The first-order chi connectivity index (χ1) is 9.31. The second-order valence-electron chi connectivity index (χ2n) is 5.76. The van der Waals surface area contributed by atoms with E-state index in [1.807, 2.05) is 0 Å². The third-order valence-corrected chi connectivity index (χ3v) is 3.52. The summed E-state index contributed by atoms with van der Waals surface area (Å²) >= 11 is 0. The molecule has 1 heterocycles. The van der Waals surface area contributed by atoms with Crippen molar-refractivity contribution in [3.05, 3.63) is 11.4 Å². The highest BCUT2D eigenvalue weighted by atomic mass is 19.1. The number of aliphatic hydroxyl groups is 1. The quantitative estimate of drug-likeness (QED) is 0.740. The standard InChI is InChI=1S/C14H26FN3O2/c1-11(2)13(15)14(20)17(4)9-12(19)10-18-7-5-16(3)6-8-18/h12,19H,5-10H2,1-4H3. The summed E-state index contributed by atoms with van der Waals surface area (Å²) in [6.45, 7) is 7.56. The Morgan fingerprint density at radius 3 is 2.35 bits per heavy atom. The van der Waals surface area contributed by atoms with Gasteiger partial charge < -0.3 is 14.9 Å². The van der Waals surface area contributed by atoms with E-state index in [0.29, 0.717) is 12.1 Å². The van der Waals surface area contributed by atoms with E-state index in [2.05, 4.69) is 16.8 Å². The molecule has 0 aromatic carbocycles. The molecule has 6 heteroatoms. The molecule has 0 aliphatic carbocycles. The maximum Gasteiger partial charge on any atom is 0.282 e. The van der Waals surface area contributed by atoms with Gasteiger partial charge >= 0.3 is 0 Å². The summed E-state index contributed by atoms with van der Waals surface area (Å²) in [6, 6.07) is 0. The molecular formula is C14H26FN3O2. The Morgan fingerprint density at radius 1 is 1.30 bits per heavy atom. The smallest absolute Gasteiger partial charge is 0.282 e. The number of rotatable bonds is 5. The van der Waals surface area contributed by atoms with Crippen LogP contribution in [-0.2, 0) is 4.79 Å². The first-order valence-corrected chi connectivity index (χ1v) is 6.98. The predicted octanol–water partition coefficient (Wildman–Crippen LogP) is 0.317. The molecule has 0 saturated carbocycles. The number of β-amino-alcohol motifs (C(OH)–C–C–N with tert-alkyl or cyclic N) is 1. The van der Waals surface area contributed by atoms with Crippen LogP contribution in [0.3, 0.4) is 0 Å². The number of nitrogens with zero attached hydrogens (tertiary/aromatic N) is 3. The van der Waals surface area contributed by atoms with Gasteiger partial charge in [0.05, 0.1) is 6.10 Å². The average Bonchev–Trinajstić information content (AvgIpc) is 2.39. The van der Waals surface area contributed by atoms with Gasteiger partial charge in [-0.25, -0.2) is 4.39 Å². The summed E-state index contributed by atoms with van der Waals surface area (Å²) in [5.74, 6) is -1.40. The van der Waals surface area contributed by atoms with E-state index in [1.54, 1.807) is 13.8 Å². The number of carbonyl (C=O) groups excluding carboxylic acids is 1. The molecule has 0 radical (unpaired) electrons. The van der Waals surface area contributed by atoms with Gasteiger partial charge in [0.15, 0.2) is 5.83 Å². The van der Waals surface area contributed by atoms with E-state index in [4.69, 9.17) is 0 Å². The average molecular weight is 287 g/mol. The Hall–Kier alpha value is -0.980. The van der Waals surface area contributed by atoms with Crippen molar-refractivity contribution in [1.82, 2.24) is 14.7 Å². The van der Waals surface area contributed by atoms with Gasteiger partial charge in [0, 0.05) is 46.3 Å². The van der Waals surface area contributed by atoms with E-state index < -0.39 is 17.8 Å². The summed E-state index contributed by atoms with van der Waals surface area (Å²) in [4.78, 5) is 17.4. The van der Waals surface area contributed by atoms with Crippen LogP contribution >= 0.6 is 0 Å². The third-order valence-electron chi connectivity index (χ3n) is 3.52. The van der Waals surface area contributed by atoms with Crippen molar-refractivity contribution in [2.24, 2.45) is 0 Å². The van der Waals surface area contributed by atoms with E-state index >= 15 is 0 Å². The molecular weight excluding hydrogens is 261 g/mol. The maximum atomic E-state index is 13.5. The molecule has 1 aliphatic heterocycles. The van der Waals surface area contributed by atoms with Crippen molar-refractivity contribution in [3.63, 3.8) is 0 Å². The largest absolute Gasteiger partial charge is 0.390 e. The number of hydrogen-bond donors (Lipinski definition) is 1. The van der Waals surface area contributed by atoms with Gasteiger partial charge in [-0.15, -0.1) is 0 Å². The molecule has 1 rings (SSSR count). The zero-order valence-corrected chi connectivity index (χ0v) is 12.9. The van der Waals surface area contributed by atoms with Crippen LogP contribution in [0.1, 0.15) is 13.8 Å². The molecule has 1 atom stereocenters. The highest BCUT2D eigenvalue weighted by molar-refractivity contribution is 5.91. The minimum atomic E-state index is -0.737. The van der Waals surface area contributed by atoms with E-state index in [0.717, 1.165) is 26.2 Å². The van der Waals surface area contributed by atoms with Crippen LogP contribution in [0.2, 0.25) is 0 Å². The number of hydrogen-bond acceptors (Lipinski definition) is 4. The number of halogens is 1. The first kappa shape index (κ1) is 17.1. The third kappa shape index (κ3) is 5.19. The van der Waals surface area contributed by atoms with Crippen LogP contribution in [-0.4, -0.2) is 85.2 Å². The molecule has 116 valence electrons. The van der Waals surface area contributed by atoms with E-state index in [9.17, 15) is 14.3 Å². The number of amides is 1. The highest BCUT2D eigenvalue weighted by Gasteiger charge is 2.21.